The first-order valence-electron chi connectivity index (χ1n) is 6.21. The summed E-state index contributed by atoms with van der Waals surface area (Å²) < 4.78 is 5.63. The lowest BCUT2D eigenvalue weighted by atomic mass is 10.2. The van der Waals surface area contributed by atoms with Crippen LogP contribution in [0, 0.1) is 6.92 Å². The third kappa shape index (κ3) is 3.89. The zero-order valence-electron chi connectivity index (χ0n) is 11.5. The molecule has 110 valence electrons. The van der Waals surface area contributed by atoms with Gasteiger partial charge in [0.15, 0.2) is 0 Å². The molecule has 5 nitrogen and oxygen atoms in total. The van der Waals surface area contributed by atoms with Crippen molar-refractivity contribution in [1.29, 1.82) is 0 Å². The second-order valence-electron chi connectivity index (χ2n) is 4.17. The highest BCUT2D eigenvalue weighted by atomic mass is 79.9. The Hall–Kier alpha value is -1.73. The summed E-state index contributed by atoms with van der Waals surface area (Å²) in [7, 11) is 0. The Kier molecular flexibility index (Phi) is 5.08. The molecule has 0 aromatic carbocycles. The van der Waals surface area contributed by atoms with E-state index in [1.807, 2.05) is 0 Å². The van der Waals surface area contributed by atoms with Crippen LogP contribution in [0.1, 0.15) is 32.5 Å². The van der Waals surface area contributed by atoms with Gasteiger partial charge in [-0.2, -0.15) is 0 Å². The number of rotatable bonds is 4. The minimum Gasteiger partial charge on any atom is -0.462 e. The summed E-state index contributed by atoms with van der Waals surface area (Å²) in [5.41, 5.74) is 1.23. The molecule has 0 aliphatic rings. The average molecular weight is 369 g/mol. The van der Waals surface area contributed by atoms with Crippen molar-refractivity contribution in [2.75, 3.05) is 11.9 Å². The van der Waals surface area contributed by atoms with E-state index in [-0.39, 0.29) is 11.9 Å². The Labute approximate surface area is 134 Å². The highest BCUT2D eigenvalue weighted by Gasteiger charge is 2.16. The zero-order chi connectivity index (χ0) is 15.4. The molecule has 0 atom stereocenters. The standard InChI is InChI=1S/C14H13BrN2O3S/c1-3-20-14(19)12-8(2)6-11(21-12)17-13(18)9-4-5-10(15)16-7-9/h4-7H,3H2,1-2H3,(H,17,18). The SMILES string of the molecule is CCOC(=O)c1sc(NC(=O)c2ccc(Br)nc2)cc1C. The van der Waals surface area contributed by atoms with Gasteiger partial charge in [-0.1, -0.05) is 0 Å². The third-order valence-electron chi connectivity index (χ3n) is 2.60. The Balaban J connectivity index is 2.13. The van der Waals surface area contributed by atoms with Crippen LogP contribution in [0.3, 0.4) is 0 Å². The lowest BCUT2D eigenvalue weighted by Gasteiger charge is -2.02. The smallest absolute Gasteiger partial charge is 0.348 e. The molecule has 0 aliphatic carbocycles. The molecule has 2 aromatic heterocycles. The maximum Gasteiger partial charge on any atom is 0.348 e. The van der Waals surface area contributed by atoms with Crippen molar-refractivity contribution in [3.8, 4) is 0 Å². The first-order valence-corrected chi connectivity index (χ1v) is 7.82. The Morgan fingerprint density at radius 2 is 2.19 bits per heavy atom. The zero-order valence-corrected chi connectivity index (χ0v) is 13.9. The normalized spacial score (nSPS) is 10.2. The number of ether oxygens (including phenoxy) is 1. The number of hydrogen-bond acceptors (Lipinski definition) is 5. The highest BCUT2D eigenvalue weighted by Crippen LogP contribution is 2.27. The summed E-state index contributed by atoms with van der Waals surface area (Å²) in [4.78, 5) is 28.3. The quantitative estimate of drug-likeness (QED) is 0.660. The molecule has 2 rings (SSSR count). The van der Waals surface area contributed by atoms with Gasteiger partial charge in [-0.05, 0) is 53.5 Å². The number of nitrogens with one attached hydrogen (secondary N) is 1. The fourth-order valence-electron chi connectivity index (χ4n) is 1.64. The number of nitrogens with zero attached hydrogens (tertiary/aromatic N) is 1. The number of halogens is 1. The van der Waals surface area contributed by atoms with Gasteiger partial charge < -0.3 is 10.1 Å². The molecular weight excluding hydrogens is 356 g/mol. The van der Waals surface area contributed by atoms with E-state index >= 15 is 0 Å². The van der Waals surface area contributed by atoms with Crippen molar-refractivity contribution in [2.45, 2.75) is 13.8 Å². The molecule has 1 amide bonds. The molecule has 0 aliphatic heterocycles. The van der Waals surface area contributed by atoms with Crippen LogP contribution in [0.15, 0.2) is 29.0 Å². The molecule has 7 heteroatoms. The second kappa shape index (κ2) is 6.82. The number of amides is 1. The third-order valence-corrected chi connectivity index (χ3v) is 4.21. The van der Waals surface area contributed by atoms with Crippen LogP contribution in [0.4, 0.5) is 5.00 Å². The minimum absolute atomic E-state index is 0.272. The Morgan fingerprint density at radius 3 is 2.81 bits per heavy atom. The van der Waals surface area contributed by atoms with Gasteiger partial charge in [-0.25, -0.2) is 9.78 Å². The number of carbonyl (C=O) groups excluding carboxylic acids is 2. The van der Waals surface area contributed by atoms with Gasteiger partial charge in [-0.15, -0.1) is 11.3 Å². The van der Waals surface area contributed by atoms with Gasteiger partial charge in [0.1, 0.15) is 9.48 Å². The lowest BCUT2D eigenvalue weighted by molar-refractivity contribution is 0.0531. The van der Waals surface area contributed by atoms with E-state index in [1.165, 1.54) is 17.5 Å². The summed E-state index contributed by atoms with van der Waals surface area (Å²) in [5, 5.41) is 3.35. The number of anilines is 1. The highest BCUT2D eigenvalue weighted by molar-refractivity contribution is 9.10. The molecule has 1 N–H and O–H groups in total. The molecule has 2 heterocycles. The number of thiophene rings is 1. The predicted octanol–water partition coefficient (Wildman–Crippen LogP) is 3.64. The molecular formula is C14H13BrN2O3S. The Morgan fingerprint density at radius 1 is 1.43 bits per heavy atom. The molecule has 21 heavy (non-hydrogen) atoms. The molecule has 0 saturated carbocycles. The summed E-state index contributed by atoms with van der Waals surface area (Å²) >= 11 is 4.41. The fraction of sp³-hybridized carbons (Fsp3) is 0.214. The predicted molar refractivity (Wildman–Crippen MR) is 84.9 cm³/mol. The topological polar surface area (TPSA) is 68.3 Å². The largest absolute Gasteiger partial charge is 0.462 e. The molecule has 0 radical (unpaired) electrons. The number of aryl methyl sites for hydroxylation is 1. The molecule has 0 saturated heterocycles. The second-order valence-corrected chi connectivity index (χ2v) is 6.03. The molecule has 0 spiro atoms. The lowest BCUT2D eigenvalue weighted by Crippen LogP contribution is -2.11. The van der Waals surface area contributed by atoms with Crippen molar-refractivity contribution in [3.05, 3.63) is 45.0 Å². The summed E-state index contributed by atoms with van der Waals surface area (Å²) in [6, 6.07) is 5.11. The van der Waals surface area contributed by atoms with Gasteiger partial charge >= 0.3 is 5.97 Å². The van der Waals surface area contributed by atoms with E-state index < -0.39 is 0 Å². The number of hydrogen-bond donors (Lipinski definition) is 1. The van der Waals surface area contributed by atoms with E-state index in [9.17, 15) is 9.59 Å². The number of pyridine rings is 1. The summed E-state index contributed by atoms with van der Waals surface area (Å²) in [6.45, 7) is 3.88. The monoisotopic (exact) mass is 368 g/mol. The number of aromatic nitrogens is 1. The number of carbonyl (C=O) groups is 2. The van der Waals surface area contributed by atoms with Gasteiger partial charge in [0.05, 0.1) is 17.2 Å². The fourth-order valence-corrected chi connectivity index (χ4v) is 2.83. The van der Waals surface area contributed by atoms with Crippen LogP contribution in [-0.2, 0) is 4.74 Å². The van der Waals surface area contributed by atoms with Crippen molar-refractivity contribution in [3.63, 3.8) is 0 Å². The first-order chi connectivity index (χ1) is 10.0. The van der Waals surface area contributed by atoms with E-state index in [4.69, 9.17) is 4.74 Å². The maximum absolute atomic E-state index is 12.1. The van der Waals surface area contributed by atoms with Crippen LogP contribution >= 0.6 is 27.3 Å². The van der Waals surface area contributed by atoms with Crippen LogP contribution in [0.5, 0.6) is 0 Å². The average Bonchev–Trinajstić information content (AvgIpc) is 2.80. The molecule has 0 bridgehead atoms. The molecule has 0 unspecified atom stereocenters. The summed E-state index contributed by atoms with van der Waals surface area (Å²) in [5.74, 6) is -0.641. The van der Waals surface area contributed by atoms with Gasteiger partial charge in [0.25, 0.3) is 5.91 Å². The van der Waals surface area contributed by atoms with Crippen LogP contribution in [-0.4, -0.2) is 23.5 Å². The van der Waals surface area contributed by atoms with Crippen LogP contribution < -0.4 is 5.32 Å². The van der Waals surface area contributed by atoms with Crippen molar-refractivity contribution in [2.24, 2.45) is 0 Å². The molecule has 0 fully saturated rings. The molecule has 2 aromatic rings. The maximum atomic E-state index is 12.1. The summed E-state index contributed by atoms with van der Waals surface area (Å²) in [6.07, 6.45) is 1.48. The van der Waals surface area contributed by atoms with E-state index in [0.29, 0.717) is 26.7 Å². The van der Waals surface area contributed by atoms with Crippen molar-refractivity contribution >= 4 is 44.1 Å². The van der Waals surface area contributed by atoms with E-state index in [1.54, 1.807) is 32.0 Å². The van der Waals surface area contributed by atoms with E-state index in [0.717, 1.165) is 5.56 Å². The first kappa shape index (κ1) is 15.7. The van der Waals surface area contributed by atoms with Crippen molar-refractivity contribution in [1.82, 2.24) is 4.98 Å². The minimum atomic E-state index is -0.370. The van der Waals surface area contributed by atoms with Crippen molar-refractivity contribution < 1.29 is 14.3 Å². The van der Waals surface area contributed by atoms with Gasteiger partial charge in [0.2, 0.25) is 0 Å². The van der Waals surface area contributed by atoms with Gasteiger partial charge in [0, 0.05) is 6.20 Å². The van der Waals surface area contributed by atoms with Gasteiger partial charge in [-0.3, -0.25) is 4.79 Å². The van der Waals surface area contributed by atoms with Crippen LogP contribution in [0.25, 0.3) is 0 Å². The van der Waals surface area contributed by atoms with E-state index in [2.05, 4.69) is 26.2 Å². The number of esters is 1. The Bertz CT molecular complexity index is 667. The van der Waals surface area contributed by atoms with Crippen LogP contribution in [0.2, 0.25) is 0 Å².